The van der Waals surface area contributed by atoms with Gasteiger partial charge in [0.25, 0.3) is 0 Å². The predicted octanol–water partition coefficient (Wildman–Crippen LogP) is 1.34. The summed E-state index contributed by atoms with van der Waals surface area (Å²) in [7, 11) is 0. The number of aliphatic hydroxyl groups excluding tert-OH is 2. The second-order valence-electron chi connectivity index (χ2n) is 10.1. The Balaban J connectivity index is 1.58. The highest BCUT2D eigenvalue weighted by Crippen LogP contribution is 2.75. The predicted molar refractivity (Wildman–Crippen MR) is 94.4 cm³/mol. The molecular formula is C21H30O6. The van der Waals surface area contributed by atoms with Crippen molar-refractivity contribution in [1.29, 1.82) is 0 Å². The van der Waals surface area contributed by atoms with Gasteiger partial charge in [0, 0.05) is 24.7 Å². The number of hydrogen-bond donors (Lipinski definition) is 3. The van der Waals surface area contributed by atoms with Gasteiger partial charge in [-0.25, -0.2) is 0 Å². The highest BCUT2D eigenvalue weighted by Gasteiger charge is 2.79. The van der Waals surface area contributed by atoms with Gasteiger partial charge in [-0.15, -0.1) is 0 Å². The summed E-state index contributed by atoms with van der Waals surface area (Å²) in [6.45, 7) is 1.73. The first kappa shape index (κ1) is 18.2. The van der Waals surface area contributed by atoms with E-state index >= 15 is 0 Å². The second kappa shape index (κ2) is 5.41. The van der Waals surface area contributed by atoms with Crippen LogP contribution in [-0.4, -0.2) is 51.0 Å². The summed E-state index contributed by atoms with van der Waals surface area (Å²) in [4.78, 5) is 24.5. The molecule has 4 aliphatic carbocycles. The SMILES string of the molecule is C[C@]12CC[C@H]3[C@@]4(CC[C@]5(O)CC(=O)CC[C@]35[C@@H](O)O4)[C@@H]1CC[C@@H]2C(=O)CO. The fraction of sp³-hybridized carbons (Fsp3) is 0.905. The van der Waals surface area contributed by atoms with E-state index in [1.807, 2.05) is 0 Å². The van der Waals surface area contributed by atoms with Gasteiger partial charge in [0.15, 0.2) is 12.1 Å². The van der Waals surface area contributed by atoms with Gasteiger partial charge in [0.1, 0.15) is 12.4 Å². The van der Waals surface area contributed by atoms with Gasteiger partial charge in [-0.1, -0.05) is 6.92 Å². The molecule has 0 aromatic rings. The third-order valence-corrected chi connectivity index (χ3v) is 9.53. The summed E-state index contributed by atoms with van der Waals surface area (Å²) in [6, 6.07) is 0. The van der Waals surface area contributed by atoms with Gasteiger partial charge in [-0.2, -0.15) is 0 Å². The van der Waals surface area contributed by atoms with Crippen molar-refractivity contribution in [2.45, 2.75) is 82.2 Å². The average Bonchev–Trinajstić information content (AvgIpc) is 3.07. The minimum atomic E-state index is -1.18. The smallest absolute Gasteiger partial charge is 0.164 e. The zero-order valence-electron chi connectivity index (χ0n) is 15.9. The normalized spacial score (nSPS) is 56.4. The van der Waals surface area contributed by atoms with E-state index in [1.165, 1.54) is 0 Å². The van der Waals surface area contributed by atoms with Crippen LogP contribution in [0.4, 0.5) is 0 Å². The summed E-state index contributed by atoms with van der Waals surface area (Å²) in [5.41, 5.74) is -2.70. The summed E-state index contributed by atoms with van der Waals surface area (Å²) in [5.74, 6) is -0.00856. The number of Topliss-reactive ketones (excluding diaryl/α,β-unsaturated/α-hetero) is 2. The van der Waals surface area contributed by atoms with Gasteiger partial charge < -0.3 is 20.1 Å². The lowest BCUT2D eigenvalue weighted by Gasteiger charge is -2.62. The van der Waals surface area contributed by atoms with E-state index in [-0.39, 0.29) is 41.2 Å². The molecule has 5 aliphatic rings. The van der Waals surface area contributed by atoms with Gasteiger partial charge in [-0.05, 0) is 56.3 Å². The van der Waals surface area contributed by atoms with Crippen LogP contribution < -0.4 is 0 Å². The Bertz CT molecular complexity index is 707. The molecule has 27 heavy (non-hydrogen) atoms. The van der Waals surface area contributed by atoms with E-state index in [0.717, 1.165) is 25.7 Å². The standard InChI is InChI=1S/C21H30O6/c1-18-6-5-16-20-7-4-12(23)10-19(20,26)8-9-21(16,27-17(20)25)15(18)3-2-13(18)14(24)11-22/h13,15-17,22,25-26H,2-11H2,1H3/t13-,15-,16-,17+,18-,19+,20-,21-/m1/s1. The van der Waals surface area contributed by atoms with E-state index in [9.17, 15) is 24.9 Å². The lowest BCUT2D eigenvalue weighted by atomic mass is 9.42. The Labute approximate surface area is 159 Å². The lowest BCUT2D eigenvalue weighted by Crippen LogP contribution is -2.67. The second-order valence-corrected chi connectivity index (χ2v) is 10.1. The maximum Gasteiger partial charge on any atom is 0.164 e. The summed E-state index contributed by atoms with van der Waals surface area (Å²) < 4.78 is 6.39. The number of carbonyl (C=O) groups is 2. The Morgan fingerprint density at radius 2 is 1.93 bits per heavy atom. The van der Waals surface area contributed by atoms with E-state index in [1.54, 1.807) is 0 Å². The van der Waals surface area contributed by atoms with Crippen LogP contribution in [0.15, 0.2) is 0 Å². The molecule has 6 heteroatoms. The minimum absolute atomic E-state index is 0.0212. The lowest BCUT2D eigenvalue weighted by molar-refractivity contribution is -0.214. The molecule has 5 rings (SSSR count). The largest absolute Gasteiger partial charge is 0.389 e. The number of aliphatic hydroxyl groups is 3. The number of ketones is 2. The maximum atomic E-state index is 12.4. The molecule has 0 radical (unpaired) electrons. The van der Waals surface area contributed by atoms with Gasteiger partial charge in [-0.3, -0.25) is 9.59 Å². The van der Waals surface area contributed by atoms with Crippen LogP contribution in [0.25, 0.3) is 0 Å². The first-order valence-corrected chi connectivity index (χ1v) is 10.5. The molecule has 1 aliphatic heterocycles. The van der Waals surface area contributed by atoms with Crippen LogP contribution in [0.3, 0.4) is 0 Å². The van der Waals surface area contributed by atoms with Crippen LogP contribution in [0.1, 0.15) is 64.7 Å². The number of hydrogen-bond acceptors (Lipinski definition) is 6. The van der Waals surface area contributed by atoms with Crippen molar-refractivity contribution in [2.75, 3.05) is 6.61 Å². The van der Waals surface area contributed by atoms with Gasteiger partial charge >= 0.3 is 0 Å². The zero-order chi connectivity index (χ0) is 19.2. The average molecular weight is 378 g/mol. The monoisotopic (exact) mass is 378 g/mol. The topological polar surface area (TPSA) is 104 Å². The molecule has 150 valence electrons. The zero-order valence-corrected chi connectivity index (χ0v) is 15.9. The third-order valence-electron chi connectivity index (χ3n) is 9.53. The molecule has 1 saturated heterocycles. The number of ether oxygens (including phenoxy) is 1. The van der Waals surface area contributed by atoms with E-state index in [2.05, 4.69) is 6.92 Å². The molecular weight excluding hydrogens is 348 g/mol. The van der Waals surface area contributed by atoms with E-state index < -0.39 is 29.5 Å². The Morgan fingerprint density at radius 3 is 2.67 bits per heavy atom. The van der Waals surface area contributed by atoms with Crippen molar-refractivity contribution < 1.29 is 29.6 Å². The molecule has 0 aromatic heterocycles. The molecule has 8 atom stereocenters. The highest BCUT2D eigenvalue weighted by atomic mass is 16.6. The quantitative estimate of drug-likeness (QED) is 0.670. The molecule has 0 amide bonds. The molecule has 2 bridgehead atoms. The summed E-state index contributed by atoms with van der Waals surface area (Å²) in [6.07, 6.45) is 4.26. The van der Waals surface area contributed by atoms with Crippen molar-refractivity contribution >= 4 is 11.6 Å². The van der Waals surface area contributed by atoms with Crippen LogP contribution in [0.5, 0.6) is 0 Å². The molecule has 4 saturated carbocycles. The van der Waals surface area contributed by atoms with Gasteiger partial charge in [0.2, 0.25) is 0 Å². The first-order chi connectivity index (χ1) is 12.7. The van der Waals surface area contributed by atoms with Crippen LogP contribution in [-0.2, 0) is 14.3 Å². The van der Waals surface area contributed by atoms with Crippen LogP contribution >= 0.6 is 0 Å². The minimum Gasteiger partial charge on any atom is -0.389 e. The molecule has 6 nitrogen and oxygen atoms in total. The first-order valence-electron chi connectivity index (χ1n) is 10.5. The van der Waals surface area contributed by atoms with Crippen molar-refractivity contribution in [1.82, 2.24) is 0 Å². The van der Waals surface area contributed by atoms with Crippen molar-refractivity contribution in [3.63, 3.8) is 0 Å². The van der Waals surface area contributed by atoms with Gasteiger partial charge in [0.05, 0.1) is 16.6 Å². The van der Waals surface area contributed by atoms with Crippen molar-refractivity contribution in [3.8, 4) is 0 Å². The third kappa shape index (κ3) is 1.91. The Kier molecular flexibility index (Phi) is 3.65. The summed E-state index contributed by atoms with van der Waals surface area (Å²) in [5, 5.41) is 32.0. The van der Waals surface area contributed by atoms with Crippen LogP contribution in [0.2, 0.25) is 0 Å². The highest BCUT2D eigenvalue weighted by molar-refractivity contribution is 5.83. The maximum absolute atomic E-state index is 12.4. The molecule has 0 unspecified atom stereocenters. The molecule has 1 heterocycles. The number of carbonyl (C=O) groups excluding carboxylic acids is 2. The molecule has 5 fully saturated rings. The fourth-order valence-corrected chi connectivity index (χ4v) is 8.45. The summed E-state index contributed by atoms with van der Waals surface area (Å²) >= 11 is 0. The molecule has 1 spiro atoms. The number of fused-ring (bicyclic) bond motifs is 1. The van der Waals surface area contributed by atoms with E-state index in [0.29, 0.717) is 25.7 Å². The molecule has 0 aromatic carbocycles. The van der Waals surface area contributed by atoms with Crippen molar-refractivity contribution in [2.24, 2.45) is 28.6 Å². The van der Waals surface area contributed by atoms with Crippen LogP contribution in [0, 0.1) is 28.6 Å². The Morgan fingerprint density at radius 1 is 1.15 bits per heavy atom. The Hall–Kier alpha value is -0.820. The van der Waals surface area contributed by atoms with Crippen molar-refractivity contribution in [3.05, 3.63) is 0 Å². The fourth-order valence-electron chi connectivity index (χ4n) is 8.45. The molecule has 3 N–H and O–H groups in total. The van der Waals surface area contributed by atoms with E-state index in [4.69, 9.17) is 4.74 Å². The number of rotatable bonds is 2.